The van der Waals surface area contributed by atoms with Crippen LogP contribution >= 0.6 is 0 Å². The summed E-state index contributed by atoms with van der Waals surface area (Å²) in [4.78, 5) is 0. The standard InChI is InChI=1S/C42H26O.C11H10/c1-2-13-28(14-3-1)40-33-17-6-8-19-35(33)41(36-20-9-7-18-34(36)40)29-24-25-38-37(26-29)42-32(22-11-23-39(42)43-38)31-21-10-15-27-12-4-5-16-30(27)31;1-9-5-4-7-10-6-2-3-8-11(9)10/h1-26H;2-8H,1H3. The fourth-order valence-corrected chi connectivity index (χ4v) is 8.41. The van der Waals surface area contributed by atoms with Gasteiger partial charge in [-0.1, -0.05) is 182 Å². The lowest BCUT2D eigenvalue weighted by molar-refractivity contribution is 0.669. The molecule has 1 heteroatoms. The van der Waals surface area contributed by atoms with E-state index in [1.807, 2.05) is 0 Å². The van der Waals surface area contributed by atoms with Gasteiger partial charge in [0, 0.05) is 10.8 Å². The zero-order chi connectivity index (χ0) is 36.0. The first-order valence-corrected chi connectivity index (χ1v) is 18.6. The predicted molar refractivity (Wildman–Crippen MR) is 231 cm³/mol. The van der Waals surface area contributed by atoms with Gasteiger partial charge in [0.1, 0.15) is 11.2 Å². The molecule has 0 fully saturated rings. The topological polar surface area (TPSA) is 13.1 Å². The first kappa shape index (κ1) is 31.7. The van der Waals surface area contributed by atoms with Crippen LogP contribution in [0.4, 0.5) is 0 Å². The van der Waals surface area contributed by atoms with E-state index in [0.29, 0.717) is 0 Å². The number of hydrogen-bond donors (Lipinski definition) is 0. The van der Waals surface area contributed by atoms with Gasteiger partial charge >= 0.3 is 0 Å². The van der Waals surface area contributed by atoms with Crippen molar-refractivity contribution in [1.29, 1.82) is 0 Å². The first-order valence-electron chi connectivity index (χ1n) is 18.6. The van der Waals surface area contributed by atoms with Gasteiger partial charge < -0.3 is 4.42 Å². The highest BCUT2D eigenvalue weighted by Gasteiger charge is 2.19. The van der Waals surface area contributed by atoms with Crippen LogP contribution in [0.1, 0.15) is 5.56 Å². The number of fused-ring (bicyclic) bond motifs is 7. The summed E-state index contributed by atoms with van der Waals surface area (Å²) >= 11 is 0. The Morgan fingerprint density at radius 2 is 0.815 bits per heavy atom. The molecule has 1 nitrogen and oxygen atoms in total. The van der Waals surface area contributed by atoms with Crippen molar-refractivity contribution in [3.05, 3.63) is 206 Å². The second-order valence-corrected chi connectivity index (χ2v) is 14.0. The van der Waals surface area contributed by atoms with Crippen molar-refractivity contribution in [2.24, 2.45) is 0 Å². The molecule has 11 rings (SSSR count). The number of hydrogen-bond acceptors (Lipinski definition) is 1. The van der Waals surface area contributed by atoms with Gasteiger partial charge in [-0.15, -0.1) is 0 Å². The molecular weight excluding hydrogens is 653 g/mol. The Bertz CT molecular complexity index is 3100. The van der Waals surface area contributed by atoms with Crippen LogP contribution in [0.15, 0.2) is 205 Å². The summed E-state index contributed by atoms with van der Waals surface area (Å²) in [6.07, 6.45) is 0. The molecule has 0 aliphatic carbocycles. The quantitative estimate of drug-likeness (QED) is 0.168. The Balaban J connectivity index is 0.000000282. The Hall–Kier alpha value is -6.96. The molecule has 0 atom stereocenters. The first-order chi connectivity index (χ1) is 26.7. The average Bonchev–Trinajstić information content (AvgIpc) is 3.62. The molecule has 54 heavy (non-hydrogen) atoms. The van der Waals surface area contributed by atoms with E-state index in [0.717, 1.165) is 21.9 Å². The predicted octanol–water partition coefficient (Wildman–Crippen LogP) is 15.2. The van der Waals surface area contributed by atoms with Crippen LogP contribution in [0.5, 0.6) is 0 Å². The Morgan fingerprint density at radius 3 is 1.48 bits per heavy atom. The minimum absolute atomic E-state index is 0.904. The number of rotatable bonds is 3. The van der Waals surface area contributed by atoms with E-state index in [4.69, 9.17) is 4.42 Å². The summed E-state index contributed by atoms with van der Waals surface area (Å²) in [5.41, 5.74) is 10.5. The third-order valence-electron chi connectivity index (χ3n) is 10.9. The largest absolute Gasteiger partial charge is 0.456 e. The smallest absolute Gasteiger partial charge is 0.136 e. The molecule has 0 unspecified atom stereocenters. The van der Waals surface area contributed by atoms with E-state index < -0.39 is 0 Å². The van der Waals surface area contributed by atoms with Crippen molar-refractivity contribution >= 4 is 65.0 Å². The Labute approximate surface area is 314 Å². The number of aryl methyl sites for hydroxylation is 1. The molecule has 0 aliphatic rings. The maximum atomic E-state index is 6.47. The molecule has 0 aliphatic heterocycles. The zero-order valence-corrected chi connectivity index (χ0v) is 30.0. The summed E-state index contributed by atoms with van der Waals surface area (Å²) in [6, 6.07) is 71.5. The maximum absolute atomic E-state index is 6.47. The summed E-state index contributed by atoms with van der Waals surface area (Å²) < 4.78 is 6.47. The van der Waals surface area contributed by atoms with Crippen molar-refractivity contribution in [2.75, 3.05) is 0 Å². The van der Waals surface area contributed by atoms with Crippen LogP contribution in [-0.4, -0.2) is 0 Å². The molecule has 0 N–H and O–H groups in total. The summed E-state index contributed by atoms with van der Waals surface area (Å²) in [7, 11) is 0. The lowest BCUT2D eigenvalue weighted by Crippen LogP contribution is -1.90. The number of benzene rings is 10. The van der Waals surface area contributed by atoms with Gasteiger partial charge in [-0.05, 0) is 107 Å². The molecule has 1 aromatic heterocycles. The Kier molecular flexibility index (Phi) is 7.78. The molecule has 254 valence electrons. The van der Waals surface area contributed by atoms with Gasteiger partial charge in [0.25, 0.3) is 0 Å². The van der Waals surface area contributed by atoms with E-state index in [1.54, 1.807) is 0 Å². The third-order valence-corrected chi connectivity index (χ3v) is 10.9. The molecular formula is C53H36O. The van der Waals surface area contributed by atoms with Gasteiger partial charge in [0.2, 0.25) is 0 Å². The molecule has 0 bridgehead atoms. The molecule has 11 aromatic rings. The van der Waals surface area contributed by atoms with E-state index in [-0.39, 0.29) is 0 Å². The van der Waals surface area contributed by atoms with Crippen LogP contribution in [0, 0.1) is 6.92 Å². The monoisotopic (exact) mass is 688 g/mol. The molecule has 0 saturated heterocycles. The fourth-order valence-electron chi connectivity index (χ4n) is 8.41. The highest BCUT2D eigenvalue weighted by atomic mass is 16.3. The SMILES string of the molecule is Cc1cccc2ccccc12.c1ccc(-c2c3ccccc3c(-c3ccc4oc5cccc(-c6cccc7ccccc67)c5c4c3)c3ccccc23)cc1. The van der Waals surface area contributed by atoms with E-state index in [2.05, 4.69) is 207 Å². The van der Waals surface area contributed by atoms with Crippen LogP contribution < -0.4 is 0 Å². The minimum atomic E-state index is 0.904. The molecule has 0 radical (unpaired) electrons. The highest BCUT2D eigenvalue weighted by Crippen LogP contribution is 2.46. The van der Waals surface area contributed by atoms with Gasteiger partial charge in [-0.3, -0.25) is 0 Å². The minimum Gasteiger partial charge on any atom is -0.456 e. The van der Waals surface area contributed by atoms with E-state index in [1.165, 1.54) is 82.0 Å². The molecule has 10 aromatic carbocycles. The summed E-state index contributed by atoms with van der Waals surface area (Å²) in [5.74, 6) is 0. The third kappa shape index (κ3) is 5.33. The number of furan rings is 1. The normalized spacial score (nSPS) is 11.4. The molecule has 0 amide bonds. The van der Waals surface area contributed by atoms with Crippen LogP contribution in [0.25, 0.3) is 98.4 Å². The lowest BCUT2D eigenvalue weighted by atomic mass is 9.85. The average molecular weight is 689 g/mol. The van der Waals surface area contributed by atoms with E-state index >= 15 is 0 Å². The van der Waals surface area contributed by atoms with Crippen LogP contribution in [0.3, 0.4) is 0 Å². The Morgan fingerprint density at radius 1 is 0.315 bits per heavy atom. The van der Waals surface area contributed by atoms with Gasteiger partial charge in [0.05, 0.1) is 0 Å². The van der Waals surface area contributed by atoms with E-state index in [9.17, 15) is 0 Å². The summed E-state index contributed by atoms with van der Waals surface area (Å²) in [5, 5.41) is 12.5. The van der Waals surface area contributed by atoms with Crippen molar-refractivity contribution < 1.29 is 4.42 Å². The maximum Gasteiger partial charge on any atom is 0.136 e. The molecule has 1 heterocycles. The van der Waals surface area contributed by atoms with Crippen molar-refractivity contribution in [2.45, 2.75) is 6.92 Å². The zero-order valence-electron chi connectivity index (χ0n) is 30.0. The van der Waals surface area contributed by atoms with Gasteiger partial charge in [-0.2, -0.15) is 0 Å². The van der Waals surface area contributed by atoms with Crippen LogP contribution in [0.2, 0.25) is 0 Å². The molecule has 0 saturated carbocycles. The highest BCUT2D eigenvalue weighted by molar-refractivity contribution is 6.23. The lowest BCUT2D eigenvalue weighted by Gasteiger charge is -2.17. The van der Waals surface area contributed by atoms with Gasteiger partial charge in [-0.25, -0.2) is 0 Å². The van der Waals surface area contributed by atoms with Crippen LogP contribution in [-0.2, 0) is 0 Å². The second-order valence-electron chi connectivity index (χ2n) is 14.0. The van der Waals surface area contributed by atoms with Crippen molar-refractivity contribution in [3.8, 4) is 33.4 Å². The molecule has 0 spiro atoms. The van der Waals surface area contributed by atoms with Gasteiger partial charge in [0.15, 0.2) is 0 Å². The van der Waals surface area contributed by atoms with Crippen molar-refractivity contribution in [3.63, 3.8) is 0 Å². The fraction of sp³-hybridized carbons (Fsp3) is 0.0189. The summed E-state index contributed by atoms with van der Waals surface area (Å²) in [6.45, 7) is 2.14. The second kappa shape index (κ2) is 13.2. The van der Waals surface area contributed by atoms with Crippen molar-refractivity contribution in [1.82, 2.24) is 0 Å².